The molecule has 0 bridgehead atoms. The molecule has 1 rings (SSSR count). The molecule has 3 atom stereocenters. The Bertz CT molecular complexity index is 340. The summed E-state index contributed by atoms with van der Waals surface area (Å²) < 4.78 is 0. The number of benzene rings is 1. The molecule has 0 radical (unpaired) electrons. The van der Waals surface area contributed by atoms with E-state index < -0.39 is 6.10 Å². The predicted octanol–water partition coefficient (Wildman–Crippen LogP) is 2.02. The zero-order chi connectivity index (χ0) is 13.7. The first-order valence-corrected chi connectivity index (χ1v) is 6.62. The van der Waals surface area contributed by atoms with Crippen LogP contribution in [0.2, 0.25) is 0 Å². The summed E-state index contributed by atoms with van der Waals surface area (Å²) in [5.74, 6) is 0.452. The average molecular weight is 250 g/mol. The van der Waals surface area contributed by atoms with Gasteiger partial charge in [0.1, 0.15) is 0 Å². The first kappa shape index (κ1) is 15.2. The Morgan fingerprint density at radius 3 is 2.22 bits per heavy atom. The van der Waals surface area contributed by atoms with Crippen molar-refractivity contribution in [1.29, 1.82) is 0 Å². The minimum atomic E-state index is -0.476. The molecular formula is C15H26N2O. The summed E-state index contributed by atoms with van der Waals surface area (Å²) >= 11 is 0. The predicted molar refractivity (Wildman–Crippen MR) is 76.3 cm³/mol. The summed E-state index contributed by atoms with van der Waals surface area (Å²) in [4.78, 5) is 2.13. The topological polar surface area (TPSA) is 49.5 Å². The maximum Gasteiger partial charge on any atom is 0.0942 e. The van der Waals surface area contributed by atoms with E-state index >= 15 is 0 Å². The van der Waals surface area contributed by atoms with Crippen LogP contribution in [0.1, 0.15) is 32.4 Å². The molecular weight excluding hydrogens is 224 g/mol. The van der Waals surface area contributed by atoms with E-state index in [9.17, 15) is 5.11 Å². The van der Waals surface area contributed by atoms with Crippen LogP contribution in [-0.2, 0) is 0 Å². The molecule has 3 nitrogen and oxygen atoms in total. The highest BCUT2D eigenvalue weighted by Gasteiger charge is 2.22. The third kappa shape index (κ3) is 4.09. The van der Waals surface area contributed by atoms with Crippen LogP contribution < -0.4 is 5.73 Å². The smallest absolute Gasteiger partial charge is 0.0942 e. The van der Waals surface area contributed by atoms with Gasteiger partial charge in [0.05, 0.1) is 6.10 Å². The van der Waals surface area contributed by atoms with Crippen LogP contribution in [0.15, 0.2) is 30.3 Å². The molecule has 0 spiro atoms. The Hall–Kier alpha value is -0.900. The third-order valence-electron chi connectivity index (χ3n) is 3.65. The van der Waals surface area contributed by atoms with Crippen molar-refractivity contribution in [2.45, 2.75) is 39.0 Å². The van der Waals surface area contributed by atoms with Crippen LogP contribution in [0.3, 0.4) is 0 Å². The quantitative estimate of drug-likeness (QED) is 0.812. The highest BCUT2D eigenvalue weighted by Crippen LogP contribution is 2.20. The number of rotatable bonds is 6. The van der Waals surface area contributed by atoms with Crippen molar-refractivity contribution in [2.24, 2.45) is 11.7 Å². The van der Waals surface area contributed by atoms with Crippen LogP contribution in [0.4, 0.5) is 0 Å². The van der Waals surface area contributed by atoms with Gasteiger partial charge in [-0.05, 0) is 25.5 Å². The Balaban J connectivity index is 2.61. The largest absolute Gasteiger partial charge is 0.387 e. The number of hydrogen-bond acceptors (Lipinski definition) is 3. The summed E-state index contributed by atoms with van der Waals surface area (Å²) in [6.07, 6.45) is -0.476. The molecule has 0 unspecified atom stereocenters. The lowest BCUT2D eigenvalue weighted by atomic mass is 10.0. The molecule has 3 heteroatoms. The van der Waals surface area contributed by atoms with Crippen LogP contribution >= 0.6 is 0 Å². The Morgan fingerprint density at radius 2 is 1.72 bits per heavy atom. The van der Waals surface area contributed by atoms with Crippen LogP contribution in [-0.4, -0.2) is 35.7 Å². The minimum absolute atomic E-state index is 0.0530. The molecule has 0 fully saturated rings. The van der Waals surface area contributed by atoms with Gasteiger partial charge in [-0.25, -0.2) is 0 Å². The van der Waals surface area contributed by atoms with Gasteiger partial charge in [-0.1, -0.05) is 44.2 Å². The molecule has 1 aromatic rings. The van der Waals surface area contributed by atoms with Crippen LogP contribution in [0.25, 0.3) is 0 Å². The molecule has 0 aromatic heterocycles. The first-order chi connectivity index (χ1) is 8.43. The van der Waals surface area contributed by atoms with Gasteiger partial charge in [-0.15, -0.1) is 0 Å². The van der Waals surface area contributed by atoms with Crippen molar-refractivity contribution in [3.8, 4) is 0 Å². The lowest BCUT2D eigenvalue weighted by molar-refractivity contribution is 0.0671. The number of likely N-dealkylation sites (N-methyl/N-ethyl adjacent to an activating group) is 1. The SMILES string of the molecule is CC(C)[C@H](N)CN(C)[C@@H](C)[C@H](O)c1ccccc1. The van der Waals surface area contributed by atoms with E-state index in [0.717, 1.165) is 12.1 Å². The molecule has 0 heterocycles. The fraction of sp³-hybridized carbons (Fsp3) is 0.600. The zero-order valence-electron chi connectivity index (χ0n) is 11.9. The molecule has 3 N–H and O–H groups in total. The van der Waals surface area contributed by atoms with E-state index in [-0.39, 0.29) is 12.1 Å². The van der Waals surface area contributed by atoms with Crippen molar-refractivity contribution >= 4 is 0 Å². The van der Waals surface area contributed by atoms with E-state index in [1.165, 1.54) is 0 Å². The molecule has 102 valence electrons. The van der Waals surface area contributed by atoms with Crippen molar-refractivity contribution in [3.05, 3.63) is 35.9 Å². The molecule has 0 aliphatic heterocycles. The number of nitrogens with zero attached hydrogens (tertiary/aromatic N) is 1. The maximum atomic E-state index is 10.3. The molecule has 0 aliphatic carbocycles. The third-order valence-corrected chi connectivity index (χ3v) is 3.65. The van der Waals surface area contributed by atoms with Crippen molar-refractivity contribution < 1.29 is 5.11 Å². The van der Waals surface area contributed by atoms with Crippen LogP contribution in [0, 0.1) is 5.92 Å². The molecule has 0 aliphatic rings. The molecule has 0 amide bonds. The van der Waals surface area contributed by atoms with Gasteiger partial charge in [0.2, 0.25) is 0 Å². The fourth-order valence-corrected chi connectivity index (χ4v) is 1.88. The lowest BCUT2D eigenvalue weighted by Crippen LogP contribution is -2.44. The average Bonchev–Trinajstić information content (AvgIpc) is 2.37. The van der Waals surface area contributed by atoms with Gasteiger partial charge in [-0.3, -0.25) is 4.90 Å². The second-order valence-electron chi connectivity index (χ2n) is 5.44. The Labute approximate surface area is 111 Å². The van der Waals surface area contributed by atoms with Crippen LogP contribution in [0.5, 0.6) is 0 Å². The number of nitrogens with two attached hydrogens (primary N) is 1. The second kappa shape index (κ2) is 6.88. The van der Waals surface area contributed by atoms with E-state index in [1.807, 2.05) is 44.3 Å². The lowest BCUT2D eigenvalue weighted by Gasteiger charge is -2.32. The zero-order valence-corrected chi connectivity index (χ0v) is 11.9. The maximum absolute atomic E-state index is 10.3. The summed E-state index contributed by atoms with van der Waals surface area (Å²) in [6, 6.07) is 9.96. The minimum Gasteiger partial charge on any atom is -0.387 e. The normalized spacial score (nSPS) is 16.9. The highest BCUT2D eigenvalue weighted by atomic mass is 16.3. The van der Waals surface area contributed by atoms with Gasteiger partial charge in [0, 0.05) is 18.6 Å². The number of aliphatic hydroxyl groups excluding tert-OH is 1. The van der Waals surface area contributed by atoms with Crippen molar-refractivity contribution in [3.63, 3.8) is 0 Å². The standard InChI is InChI=1S/C15H26N2O/c1-11(2)14(16)10-17(4)12(3)15(18)13-8-6-5-7-9-13/h5-9,11-12,14-15,18H,10,16H2,1-4H3/t12-,14+,15-/m0/s1. The summed E-state index contributed by atoms with van der Waals surface area (Å²) in [7, 11) is 2.01. The summed E-state index contributed by atoms with van der Waals surface area (Å²) in [6.45, 7) is 7.07. The van der Waals surface area contributed by atoms with Gasteiger partial charge in [-0.2, -0.15) is 0 Å². The van der Waals surface area contributed by atoms with E-state index in [4.69, 9.17) is 5.73 Å². The summed E-state index contributed by atoms with van der Waals surface area (Å²) in [5, 5.41) is 10.3. The number of aliphatic hydroxyl groups is 1. The summed E-state index contributed by atoms with van der Waals surface area (Å²) in [5.41, 5.74) is 7.02. The monoisotopic (exact) mass is 250 g/mol. The Morgan fingerprint density at radius 1 is 1.17 bits per heavy atom. The van der Waals surface area contributed by atoms with Gasteiger partial charge < -0.3 is 10.8 Å². The molecule has 0 saturated heterocycles. The van der Waals surface area contributed by atoms with Crippen molar-refractivity contribution in [1.82, 2.24) is 4.90 Å². The van der Waals surface area contributed by atoms with Gasteiger partial charge >= 0.3 is 0 Å². The molecule has 0 saturated carbocycles. The highest BCUT2D eigenvalue weighted by molar-refractivity contribution is 5.18. The fourth-order valence-electron chi connectivity index (χ4n) is 1.88. The van der Waals surface area contributed by atoms with Gasteiger partial charge in [0.25, 0.3) is 0 Å². The van der Waals surface area contributed by atoms with Gasteiger partial charge in [0.15, 0.2) is 0 Å². The second-order valence-corrected chi connectivity index (χ2v) is 5.44. The van der Waals surface area contributed by atoms with Crippen molar-refractivity contribution in [2.75, 3.05) is 13.6 Å². The number of hydrogen-bond donors (Lipinski definition) is 2. The molecule has 1 aromatic carbocycles. The molecule has 18 heavy (non-hydrogen) atoms. The van der Waals surface area contributed by atoms with E-state index in [2.05, 4.69) is 18.7 Å². The first-order valence-electron chi connectivity index (χ1n) is 6.62. The Kier molecular flexibility index (Phi) is 5.79. The van der Waals surface area contributed by atoms with E-state index in [1.54, 1.807) is 0 Å². The van der Waals surface area contributed by atoms with E-state index in [0.29, 0.717) is 5.92 Å².